The van der Waals surface area contributed by atoms with Gasteiger partial charge in [-0.2, -0.15) is 0 Å². The van der Waals surface area contributed by atoms with Crippen LogP contribution in [0.3, 0.4) is 0 Å². The highest BCUT2D eigenvalue weighted by Gasteiger charge is 2.32. The Morgan fingerprint density at radius 2 is 2.00 bits per heavy atom. The van der Waals surface area contributed by atoms with Gasteiger partial charge < -0.3 is 14.4 Å². The number of rotatable bonds is 5. The molecule has 1 fully saturated rings. The maximum atomic E-state index is 11.7. The molecule has 1 atom stereocenters. The summed E-state index contributed by atoms with van der Waals surface area (Å²) in [6.07, 6.45) is -0.418. The molecular formula is C18H21NO3. The largest absolute Gasteiger partial charge is 0.442 e. The van der Waals surface area contributed by atoms with Gasteiger partial charge >= 0.3 is 6.09 Å². The van der Waals surface area contributed by atoms with Gasteiger partial charge in [0.25, 0.3) is 0 Å². The van der Waals surface area contributed by atoms with Crippen LogP contribution in [0.2, 0.25) is 0 Å². The molecule has 1 saturated heterocycles. The number of nitrogens with zero attached hydrogens (tertiary/aromatic N) is 1. The number of fused-ring (bicyclic) bond motifs is 1. The Kier molecular flexibility index (Phi) is 4.29. The Morgan fingerprint density at radius 1 is 1.23 bits per heavy atom. The maximum Gasteiger partial charge on any atom is 0.410 e. The predicted molar refractivity (Wildman–Crippen MR) is 85.7 cm³/mol. The molecule has 0 N–H and O–H groups in total. The van der Waals surface area contributed by atoms with Gasteiger partial charge in [-0.25, -0.2) is 4.79 Å². The van der Waals surface area contributed by atoms with Crippen LogP contribution in [-0.2, 0) is 16.1 Å². The third kappa shape index (κ3) is 3.07. The molecule has 0 radical (unpaired) electrons. The van der Waals surface area contributed by atoms with Crippen molar-refractivity contribution in [1.82, 2.24) is 4.90 Å². The number of carbonyl (C=O) groups is 1. The van der Waals surface area contributed by atoms with Crippen molar-refractivity contribution in [2.45, 2.75) is 32.6 Å². The second-order valence-electron chi connectivity index (χ2n) is 5.91. The van der Waals surface area contributed by atoms with E-state index in [1.807, 2.05) is 32.0 Å². The average molecular weight is 299 g/mol. The molecule has 1 heterocycles. The van der Waals surface area contributed by atoms with Gasteiger partial charge in [0, 0.05) is 6.04 Å². The monoisotopic (exact) mass is 299 g/mol. The summed E-state index contributed by atoms with van der Waals surface area (Å²) in [5, 5.41) is 2.42. The molecule has 22 heavy (non-hydrogen) atoms. The Bertz CT molecular complexity index is 663. The fraction of sp³-hybridized carbons (Fsp3) is 0.389. The third-order valence-corrected chi connectivity index (χ3v) is 3.97. The van der Waals surface area contributed by atoms with Crippen LogP contribution < -0.4 is 0 Å². The van der Waals surface area contributed by atoms with E-state index < -0.39 is 0 Å². The van der Waals surface area contributed by atoms with E-state index in [1.165, 1.54) is 10.8 Å². The molecule has 0 aromatic heterocycles. The number of carbonyl (C=O) groups excluding carboxylic acids is 1. The first-order valence-corrected chi connectivity index (χ1v) is 7.67. The molecule has 4 heteroatoms. The van der Waals surface area contributed by atoms with Crippen LogP contribution in [0.5, 0.6) is 0 Å². The van der Waals surface area contributed by atoms with Crippen LogP contribution in [0.4, 0.5) is 4.79 Å². The molecule has 3 rings (SSSR count). The minimum absolute atomic E-state index is 0.163. The molecular weight excluding hydrogens is 278 g/mol. The van der Waals surface area contributed by atoms with Gasteiger partial charge in [-0.3, -0.25) is 0 Å². The maximum absolute atomic E-state index is 11.7. The number of hydrogen-bond donors (Lipinski definition) is 0. The van der Waals surface area contributed by atoms with Crippen molar-refractivity contribution in [2.24, 2.45) is 0 Å². The lowest BCUT2D eigenvalue weighted by molar-refractivity contribution is 0.0385. The summed E-state index contributed by atoms with van der Waals surface area (Å²) in [7, 11) is 0. The molecule has 1 amide bonds. The second-order valence-corrected chi connectivity index (χ2v) is 5.91. The SMILES string of the molecule is CC(C)N1C[C@@H](COCc2cccc3ccccc23)OC1=O. The number of benzene rings is 2. The van der Waals surface area contributed by atoms with Crippen LogP contribution in [0, 0.1) is 0 Å². The highest BCUT2D eigenvalue weighted by atomic mass is 16.6. The first-order chi connectivity index (χ1) is 10.6. The van der Waals surface area contributed by atoms with E-state index in [2.05, 4.69) is 24.3 Å². The van der Waals surface area contributed by atoms with E-state index in [1.54, 1.807) is 4.90 Å². The zero-order chi connectivity index (χ0) is 15.5. The van der Waals surface area contributed by atoms with Gasteiger partial charge in [-0.1, -0.05) is 42.5 Å². The van der Waals surface area contributed by atoms with Crippen LogP contribution in [-0.4, -0.2) is 36.3 Å². The fourth-order valence-corrected chi connectivity index (χ4v) is 2.77. The molecule has 2 aromatic carbocycles. The van der Waals surface area contributed by atoms with E-state index in [-0.39, 0.29) is 18.2 Å². The van der Waals surface area contributed by atoms with Crippen LogP contribution >= 0.6 is 0 Å². The van der Waals surface area contributed by atoms with Gasteiger partial charge in [-0.05, 0) is 30.2 Å². The quantitative estimate of drug-likeness (QED) is 0.847. The molecule has 2 aromatic rings. The van der Waals surface area contributed by atoms with Crippen molar-refractivity contribution in [3.8, 4) is 0 Å². The van der Waals surface area contributed by atoms with Crippen molar-refractivity contribution < 1.29 is 14.3 Å². The minimum atomic E-state index is -0.242. The van der Waals surface area contributed by atoms with Gasteiger partial charge in [-0.15, -0.1) is 0 Å². The molecule has 116 valence electrons. The predicted octanol–water partition coefficient (Wildman–Crippen LogP) is 3.59. The average Bonchev–Trinajstić information content (AvgIpc) is 2.89. The van der Waals surface area contributed by atoms with Crippen molar-refractivity contribution in [1.29, 1.82) is 0 Å². The lowest BCUT2D eigenvalue weighted by Gasteiger charge is -2.16. The van der Waals surface area contributed by atoms with Gasteiger partial charge in [0.2, 0.25) is 0 Å². The number of ether oxygens (including phenoxy) is 2. The summed E-state index contributed by atoms with van der Waals surface area (Å²) < 4.78 is 11.1. The Morgan fingerprint density at radius 3 is 2.77 bits per heavy atom. The molecule has 1 aliphatic rings. The van der Waals surface area contributed by atoms with Crippen molar-refractivity contribution in [3.63, 3.8) is 0 Å². The van der Waals surface area contributed by atoms with Crippen molar-refractivity contribution in [3.05, 3.63) is 48.0 Å². The standard InChI is InChI=1S/C18H21NO3/c1-13(2)19-10-16(22-18(19)20)12-21-11-15-8-5-7-14-6-3-4-9-17(14)15/h3-9,13,16H,10-12H2,1-2H3/t16-/m0/s1. The van der Waals surface area contributed by atoms with Crippen LogP contribution in [0.15, 0.2) is 42.5 Å². The molecule has 4 nitrogen and oxygen atoms in total. The summed E-state index contributed by atoms with van der Waals surface area (Å²) >= 11 is 0. The summed E-state index contributed by atoms with van der Waals surface area (Å²) in [5.74, 6) is 0. The summed E-state index contributed by atoms with van der Waals surface area (Å²) in [4.78, 5) is 13.4. The van der Waals surface area contributed by atoms with Gasteiger partial charge in [0.15, 0.2) is 0 Å². The fourth-order valence-electron chi connectivity index (χ4n) is 2.77. The first-order valence-electron chi connectivity index (χ1n) is 7.67. The third-order valence-electron chi connectivity index (χ3n) is 3.97. The number of hydrogen-bond acceptors (Lipinski definition) is 3. The number of amides is 1. The topological polar surface area (TPSA) is 38.8 Å². The Hall–Kier alpha value is -2.07. The highest BCUT2D eigenvalue weighted by Crippen LogP contribution is 2.20. The first kappa shape index (κ1) is 14.9. The normalized spacial score (nSPS) is 18.2. The molecule has 0 aliphatic carbocycles. The van der Waals surface area contributed by atoms with Gasteiger partial charge in [0.05, 0.1) is 19.8 Å². The number of cyclic esters (lactones) is 1. The van der Waals surface area contributed by atoms with E-state index in [0.717, 1.165) is 5.56 Å². The lowest BCUT2D eigenvalue weighted by atomic mass is 10.1. The van der Waals surface area contributed by atoms with E-state index in [9.17, 15) is 4.79 Å². The van der Waals surface area contributed by atoms with Gasteiger partial charge in [0.1, 0.15) is 6.10 Å². The summed E-state index contributed by atoms with van der Waals surface area (Å²) in [6.45, 7) is 5.53. The minimum Gasteiger partial charge on any atom is -0.442 e. The summed E-state index contributed by atoms with van der Waals surface area (Å²) in [5.41, 5.74) is 1.16. The molecule has 0 saturated carbocycles. The molecule has 1 aliphatic heterocycles. The van der Waals surface area contributed by atoms with E-state index >= 15 is 0 Å². The van der Waals surface area contributed by atoms with E-state index in [0.29, 0.717) is 19.8 Å². The highest BCUT2D eigenvalue weighted by molar-refractivity contribution is 5.85. The molecule has 0 spiro atoms. The smallest absolute Gasteiger partial charge is 0.410 e. The lowest BCUT2D eigenvalue weighted by Crippen LogP contribution is -2.32. The Balaban J connectivity index is 1.58. The molecule has 0 bridgehead atoms. The van der Waals surface area contributed by atoms with Crippen LogP contribution in [0.25, 0.3) is 10.8 Å². The van der Waals surface area contributed by atoms with Crippen molar-refractivity contribution in [2.75, 3.05) is 13.2 Å². The zero-order valence-electron chi connectivity index (χ0n) is 13.0. The Labute approximate surface area is 130 Å². The van der Waals surface area contributed by atoms with E-state index in [4.69, 9.17) is 9.47 Å². The molecule has 0 unspecified atom stereocenters. The van der Waals surface area contributed by atoms with Crippen LogP contribution in [0.1, 0.15) is 19.4 Å². The zero-order valence-corrected chi connectivity index (χ0v) is 13.0. The second kappa shape index (κ2) is 6.36. The van der Waals surface area contributed by atoms with Crippen molar-refractivity contribution >= 4 is 16.9 Å². The summed E-state index contributed by atoms with van der Waals surface area (Å²) in [6, 6.07) is 14.6.